The third-order valence-electron chi connectivity index (χ3n) is 5.39. The van der Waals surface area contributed by atoms with E-state index in [1.54, 1.807) is 25.2 Å². The lowest BCUT2D eigenvalue weighted by molar-refractivity contribution is 0.0996. The number of hydrogen-bond donors (Lipinski definition) is 3. The highest BCUT2D eigenvalue weighted by Gasteiger charge is 2.21. The quantitative estimate of drug-likeness (QED) is 0.423. The van der Waals surface area contributed by atoms with Crippen LogP contribution in [-0.4, -0.2) is 55.1 Å². The Hall–Kier alpha value is -3.94. The molecule has 1 aromatic heterocycles. The van der Waals surface area contributed by atoms with Gasteiger partial charge in [-0.1, -0.05) is 24.3 Å². The smallest absolute Gasteiger partial charge is 0.291 e. The molecule has 0 atom stereocenters. The Morgan fingerprint density at radius 1 is 1.06 bits per heavy atom. The molecule has 0 bridgehead atoms. The van der Waals surface area contributed by atoms with Gasteiger partial charge in [0, 0.05) is 45.5 Å². The van der Waals surface area contributed by atoms with E-state index in [1.807, 2.05) is 42.5 Å². The first kappa shape index (κ1) is 21.3. The summed E-state index contributed by atoms with van der Waals surface area (Å²) >= 11 is 0. The maximum atomic E-state index is 12.2. The molecule has 0 saturated carbocycles. The van der Waals surface area contributed by atoms with E-state index < -0.39 is 0 Å². The van der Waals surface area contributed by atoms with Gasteiger partial charge in [-0.25, -0.2) is 0 Å². The second-order valence-electron chi connectivity index (χ2n) is 7.50. The van der Waals surface area contributed by atoms with Crippen LogP contribution < -0.4 is 15.5 Å². The largest absolute Gasteiger partial charge is 0.506 e. The number of phenols is 1. The van der Waals surface area contributed by atoms with Gasteiger partial charge in [-0.2, -0.15) is 0 Å². The molecule has 166 valence electrons. The van der Waals surface area contributed by atoms with Gasteiger partial charge in [-0.15, -0.1) is 0 Å². The number of phenolic OH excluding ortho intramolecular Hbond substituents is 1. The molecule has 0 radical (unpaired) electrons. The fraction of sp³-hybridized carbons (Fsp3) is 0.250. The van der Waals surface area contributed by atoms with Crippen molar-refractivity contribution in [2.24, 2.45) is 4.99 Å². The topological polar surface area (TPSA) is 93.3 Å². The van der Waals surface area contributed by atoms with Gasteiger partial charge < -0.3 is 30.0 Å². The van der Waals surface area contributed by atoms with Crippen LogP contribution in [0, 0.1) is 0 Å². The summed E-state index contributed by atoms with van der Waals surface area (Å²) in [6, 6.07) is 18.4. The van der Waals surface area contributed by atoms with Crippen LogP contribution in [0.15, 0.2) is 76.3 Å². The van der Waals surface area contributed by atoms with Crippen molar-refractivity contribution in [3.8, 4) is 5.75 Å². The Morgan fingerprint density at radius 2 is 1.88 bits per heavy atom. The Labute approximate surface area is 187 Å². The molecule has 1 saturated heterocycles. The molecular weight excluding hydrogens is 406 g/mol. The molecule has 1 amide bonds. The summed E-state index contributed by atoms with van der Waals surface area (Å²) in [7, 11) is 1.78. The number of rotatable bonds is 5. The van der Waals surface area contributed by atoms with Crippen molar-refractivity contribution in [3.05, 3.63) is 78.3 Å². The van der Waals surface area contributed by atoms with E-state index in [1.165, 1.54) is 6.26 Å². The number of carbonyl (C=O) groups is 1. The lowest BCUT2D eigenvalue weighted by Gasteiger charge is -2.37. The first-order chi connectivity index (χ1) is 15.6. The average molecular weight is 434 g/mol. The van der Waals surface area contributed by atoms with Gasteiger partial charge in [-0.3, -0.25) is 9.79 Å². The van der Waals surface area contributed by atoms with Crippen LogP contribution in [0.2, 0.25) is 0 Å². The van der Waals surface area contributed by atoms with E-state index in [4.69, 9.17) is 4.42 Å². The number of amides is 1. The number of para-hydroxylation sites is 2. The van der Waals surface area contributed by atoms with Crippen molar-refractivity contribution in [3.63, 3.8) is 0 Å². The number of aliphatic imine (C=N–C) groups is 1. The molecule has 0 aliphatic carbocycles. The molecule has 8 heteroatoms. The van der Waals surface area contributed by atoms with E-state index in [-0.39, 0.29) is 11.7 Å². The highest BCUT2D eigenvalue weighted by molar-refractivity contribution is 6.02. The number of carbonyl (C=O) groups excluding carboxylic acids is 1. The van der Waals surface area contributed by atoms with Crippen LogP contribution in [0.3, 0.4) is 0 Å². The highest BCUT2D eigenvalue weighted by Crippen LogP contribution is 2.27. The zero-order chi connectivity index (χ0) is 22.3. The number of nitrogens with one attached hydrogen (secondary N) is 2. The Morgan fingerprint density at radius 3 is 2.59 bits per heavy atom. The summed E-state index contributed by atoms with van der Waals surface area (Å²) in [5, 5.41) is 16.4. The fourth-order valence-electron chi connectivity index (χ4n) is 3.76. The van der Waals surface area contributed by atoms with Crippen molar-refractivity contribution in [2.75, 3.05) is 43.4 Å². The number of aromatic hydroxyl groups is 1. The lowest BCUT2D eigenvalue weighted by atomic mass is 10.2. The van der Waals surface area contributed by atoms with Crippen LogP contribution in [0.4, 0.5) is 11.4 Å². The van der Waals surface area contributed by atoms with Gasteiger partial charge in [0.2, 0.25) is 0 Å². The second kappa shape index (κ2) is 9.91. The number of benzene rings is 2. The monoisotopic (exact) mass is 433 g/mol. The maximum absolute atomic E-state index is 12.2. The molecule has 2 heterocycles. The average Bonchev–Trinajstić information content (AvgIpc) is 3.36. The standard InChI is InChI=1S/C24H27N5O3/c1-25-24(29-13-11-28(12-14-29)20-8-2-3-9-21(20)30)26-17-18-6-4-7-19(16-18)27-23(31)22-10-5-15-32-22/h2-10,15-16,30H,11-14,17H2,1H3,(H,25,26)(H,27,31). The number of anilines is 2. The van der Waals surface area contributed by atoms with Crippen LogP contribution in [0.5, 0.6) is 5.75 Å². The summed E-state index contributed by atoms with van der Waals surface area (Å²) in [6.45, 7) is 3.77. The van der Waals surface area contributed by atoms with Gasteiger partial charge in [0.15, 0.2) is 11.7 Å². The zero-order valence-electron chi connectivity index (χ0n) is 18.0. The normalized spacial score (nSPS) is 14.3. The molecule has 8 nitrogen and oxygen atoms in total. The van der Waals surface area contributed by atoms with Gasteiger partial charge in [0.1, 0.15) is 5.75 Å². The third-order valence-corrected chi connectivity index (χ3v) is 5.39. The minimum absolute atomic E-state index is 0.275. The summed E-state index contributed by atoms with van der Waals surface area (Å²) in [4.78, 5) is 21.0. The predicted octanol–water partition coefficient (Wildman–Crippen LogP) is 3.14. The molecule has 1 aliphatic rings. The van der Waals surface area contributed by atoms with Crippen molar-refractivity contribution >= 4 is 23.2 Å². The third kappa shape index (κ3) is 5.03. The highest BCUT2D eigenvalue weighted by atomic mass is 16.3. The van der Waals surface area contributed by atoms with Crippen LogP contribution in [0.25, 0.3) is 0 Å². The van der Waals surface area contributed by atoms with Gasteiger partial charge in [0.05, 0.1) is 12.0 Å². The molecular formula is C24H27N5O3. The second-order valence-corrected chi connectivity index (χ2v) is 7.50. The molecule has 3 N–H and O–H groups in total. The summed E-state index contributed by atoms with van der Waals surface area (Å²) in [5.41, 5.74) is 2.59. The summed E-state index contributed by atoms with van der Waals surface area (Å²) in [5.74, 6) is 1.13. The maximum Gasteiger partial charge on any atom is 0.291 e. The van der Waals surface area contributed by atoms with Crippen LogP contribution >= 0.6 is 0 Å². The van der Waals surface area contributed by atoms with Crippen LogP contribution in [0.1, 0.15) is 16.1 Å². The minimum Gasteiger partial charge on any atom is -0.506 e. The fourth-order valence-corrected chi connectivity index (χ4v) is 3.76. The van der Waals surface area contributed by atoms with Gasteiger partial charge in [-0.05, 0) is 42.0 Å². The number of nitrogens with zero attached hydrogens (tertiary/aromatic N) is 3. The van der Waals surface area contributed by atoms with E-state index in [0.29, 0.717) is 18.0 Å². The molecule has 2 aromatic carbocycles. The van der Waals surface area contributed by atoms with E-state index in [9.17, 15) is 9.90 Å². The number of guanidine groups is 1. The molecule has 3 aromatic rings. The molecule has 0 spiro atoms. The minimum atomic E-state index is -0.279. The lowest BCUT2D eigenvalue weighted by Crippen LogP contribution is -2.52. The van der Waals surface area contributed by atoms with Crippen LogP contribution in [-0.2, 0) is 6.54 Å². The molecule has 0 unspecified atom stereocenters. The molecule has 1 fully saturated rings. The van der Waals surface area contributed by atoms with E-state index in [0.717, 1.165) is 43.4 Å². The number of hydrogen-bond acceptors (Lipinski definition) is 5. The molecule has 1 aliphatic heterocycles. The van der Waals surface area contributed by atoms with Gasteiger partial charge >= 0.3 is 0 Å². The summed E-state index contributed by atoms with van der Waals surface area (Å²) < 4.78 is 5.14. The summed E-state index contributed by atoms with van der Waals surface area (Å²) in [6.07, 6.45) is 1.48. The zero-order valence-corrected chi connectivity index (χ0v) is 18.0. The van der Waals surface area contributed by atoms with Crippen molar-refractivity contribution in [2.45, 2.75) is 6.54 Å². The first-order valence-corrected chi connectivity index (χ1v) is 10.6. The molecule has 4 rings (SSSR count). The Bertz CT molecular complexity index is 1070. The first-order valence-electron chi connectivity index (χ1n) is 10.6. The number of furan rings is 1. The predicted molar refractivity (Wildman–Crippen MR) is 125 cm³/mol. The van der Waals surface area contributed by atoms with E-state index >= 15 is 0 Å². The Kier molecular flexibility index (Phi) is 6.60. The SMILES string of the molecule is CN=C(NCc1cccc(NC(=O)c2ccco2)c1)N1CCN(c2ccccc2O)CC1. The van der Waals surface area contributed by atoms with Gasteiger partial charge in [0.25, 0.3) is 5.91 Å². The van der Waals surface area contributed by atoms with Crippen molar-refractivity contribution in [1.82, 2.24) is 10.2 Å². The molecule has 32 heavy (non-hydrogen) atoms. The van der Waals surface area contributed by atoms with Crippen molar-refractivity contribution in [1.29, 1.82) is 0 Å². The number of piperazine rings is 1. The van der Waals surface area contributed by atoms with E-state index in [2.05, 4.69) is 25.4 Å². The Balaban J connectivity index is 1.31. The van der Waals surface area contributed by atoms with Crippen molar-refractivity contribution < 1.29 is 14.3 Å².